The van der Waals surface area contributed by atoms with Crippen LogP contribution in [0, 0.1) is 0 Å². The summed E-state index contributed by atoms with van der Waals surface area (Å²) < 4.78 is 1.73. The smallest absolute Gasteiger partial charge is 0.234 e. The molecule has 0 unspecified atom stereocenters. The molecule has 0 aromatic carbocycles. The number of imidazole rings is 1. The predicted octanol–water partition coefficient (Wildman–Crippen LogP) is 1.40. The van der Waals surface area contributed by atoms with Gasteiger partial charge in [0.15, 0.2) is 0 Å². The molecule has 0 bridgehead atoms. The Morgan fingerprint density at radius 1 is 1.31 bits per heavy atom. The topological polar surface area (TPSA) is 43.6 Å². The molecule has 2 aromatic rings. The van der Waals surface area contributed by atoms with Crippen molar-refractivity contribution in [3.63, 3.8) is 0 Å². The summed E-state index contributed by atoms with van der Waals surface area (Å²) >= 11 is 5.61. The highest BCUT2D eigenvalue weighted by Crippen LogP contribution is 2.02. The summed E-state index contributed by atoms with van der Waals surface area (Å²) in [5.41, 5.74) is 0.908. The number of hydrogen-bond acceptors (Lipinski definition) is 3. The molecule has 0 radical (unpaired) electrons. The van der Waals surface area contributed by atoms with E-state index in [2.05, 4.69) is 15.0 Å². The van der Waals surface area contributed by atoms with Gasteiger partial charge in [-0.25, -0.2) is 15.0 Å². The highest BCUT2D eigenvalue weighted by molar-refractivity contribution is 6.17. The zero-order chi connectivity index (χ0) is 9.10. The molecule has 5 heteroatoms. The second kappa shape index (κ2) is 3.53. The quantitative estimate of drug-likeness (QED) is 0.679. The maximum Gasteiger partial charge on any atom is 0.234 e. The van der Waals surface area contributed by atoms with Crippen molar-refractivity contribution < 1.29 is 0 Å². The Morgan fingerprint density at radius 2 is 2.08 bits per heavy atom. The number of nitrogens with zero attached hydrogens (tertiary/aromatic N) is 4. The van der Waals surface area contributed by atoms with Crippen LogP contribution in [0.1, 0.15) is 5.56 Å². The molecule has 2 aromatic heterocycles. The third-order valence-electron chi connectivity index (χ3n) is 1.58. The van der Waals surface area contributed by atoms with E-state index >= 15 is 0 Å². The molecule has 2 rings (SSSR count). The fraction of sp³-hybridized carbons (Fsp3) is 0.125. The van der Waals surface area contributed by atoms with Crippen LogP contribution in [0.2, 0.25) is 0 Å². The Kier molecular flexibility index (Phi) is 2.23. The van der Waals surface area contributed by atoms with Gasteiger partial charge in [0.05, 0.1) is 5.88 Å². The summed E-state index contributed by atoms with van der Waals surface area (Å²) in [5, 5.41) is 0. The van der Waals surface area contributed by atoms with Crippen molar-refractivity contribution in [1.82, 2.24) is 19.5 Å². The molecule has 0 fully saturated rings. The van der Waals surface area contributed by atoms with E-state index in [1.807, 2.05) is 0 Å². The van der Waals surface area contributed by atoms with Gasteiger partial charge in [0.2, 0.25) is 5.95 Å². The van der Waals surface area contributed by atoms with Gasteiger partial charge >= 0.3 is 0 Å². The van der Waals surface area contributed by atoms with Gasteiger partial charge < -0.3 is 0 Å². The van der Waals surface area contributed by atoms with Crippen molar-refractivity contribution in [2.45, 2.75) is 5.88 Å². The first-order chi connectivity index (χ1) is 6.40. The number of alkyl halides is 1. The minimum atomic E-state index is 0.435. The summed E-state index contributed by atoms with van der Waals surface area (Å²) in [7, 11) is 0. The Bertz CT molecular complexity index is 368. The van der Waals surface area contributed by atoms with Gasteiger partial charge in [-0.15, -0.1) is 11.6 Å². The number of halogens is 1. The fourth-order valence-corrected chi connectivity index (χ4v) is 1.07. The van der Waals surface area contributed by atoms with Crippen molar-refractivity contribution in [2.24, 2.45) is 0 Å². The minimum absolute atomic E-state index is 0.435. The molecule has 2 heterocycles. The van der Waals surface area contributed by atoms with Gasteiger partial charge in [-0.2, -0.15) is 0 Å². The first-order valence-corrected chi connectivity index (χ1v) is 4.29. The van der Waals surface area contributed by atoms with Gasteiger partial charge in [-0.1, -0.05) is 0 Å². The Hall–Kier alpha value is -1.42. The summed E-state index contributed by atoms with van der Waals surface area (Å²) in [6, 6.07) is 0. The highest BCUT2D eigenvalue weighted by atomic mass is 35.5. The summed E-state index contributed by atoms with van der Waals surface area (Å²) in [5.74, 6) is 1.04. The van der Waals surface area contributed by atoms with Crippen LogP contribution in [0.3, 0.4) is 0 Å². The molecule has 0 saturated carbocycles. The van der Waals surface area contributed by atoms with E-state index in [9.17, 15) is 0 Å². The van der Waals surface area contributed by atoms with E-state index in [4.69, 9.17) is 11.6 Å². The molecule has 66 valence electrons. The molecule has 0 aliphatic rings. The lowest BCUT2D eigenvalue weighted by Crippen LogP contribution is -1.98. The van der Waals surface area contributed by atoms with Crippen LogP contribution in [0.15, 0.2) is 31.1 Å². The molecular formula is C8H7ClN4. The normalized spacial score (nSPS) is 10.2. The zero-order valence-electron chi connectivity index (χ0n) is 6.76. The first kappa shape index (κ1) is 8.19. The summed E-state index contributed by atoms with van der Waals surface area (Å²) in [6.07, 6.45) is 8.52. The van der Waals surface area contributed by atoms with Crippen LogP contribution in [0.4, 0.5) is 0 Å². The van der Waals surface area contributed by atoms with E-state index in [-0.39, 0.29) is 0 Å². The Labute approximate surface area is 80.2 Å². The molecule has 0 aliphatic carbocycles. The second-order valence-corrected chi connectivity index (χ2v) is 2.76. The van der Waals surface area contributed by atoms with Gasteiger partial charge in [-0.05, 0) is 0 Å². The van der Waals surface area contributed by atoms with Crippen LogP contribution in [0.25, 0.3) is 5.95 Å². The average molecular weight is 195 g/mol. The monoisotopic (exact) mass is 194 g/mol. The average Bonchev–Trinajstić information content (AvgIpc) is 2.71. The largest absolute Gasteiger partial charge is 0.274 e. The third kappa shape index (κ3) is 1.67. The lowest BCUT2D eigenvalue weighted by atomic mass is 10.4. The molecule has 0 spiro atoms. The fourth-order valence-electron chi connectivity index (χ4n) is 0.928. The molecule has 13 heavy (non-hydrogen) atoms. The standard InChI is InChI=1S/C8H7ClN4/c9-3-7-4-11-8(12-5-7)13-2-1-10-6-13/h1-2,4-6H,3H2. The number of rotatable bonds is 2. The molecule has 0 N–H and O–H groups in total. The SMILES string of the molecule is ClCc1cnc(-n2ccnc2)nc1. The van der Waals surface area contributed by atoms with Crippen LogP contribution in [0.5, 0.6) is 0 Å². The summed E-state index contributed by atoms with van der Waals surface area (Å²) in [4.78, 5) is 12.1. The molecular weight excluding hydrogens is 188 g/mol. The molecule has 0 amide bonds. The number of aromatic nitrogens is 4. The van der Waals surface area contributed by atoms with Crippen LogP contribution in [-0.4, -0.2) is 19.5 Å². The van der Waals surface area contributed by atoms with Crippen LogP contribution in [-0.2, 0) is 5.88 Å². The zero-order valence-corrected chi connectivity index (χ0v) is 7.52. The van der Waals surface area contributed by atoms with Crippen LogP contribution >= 0.6 is 11.6 Å². The molecule has 0 saturated heterocycles. The van der Waals surface area contributed by atoms with E-state index < -0.39 is 0 Å². The van der Waals surface area contributed by atoms with Gasteiger partial charge in [-0.3, -0.25) is 4.57 Å². The lowest BCUT2D eigenvalue weighted by Gasteiger charge is -1.99. The van der Waals surface area contributed by atoms with Crippen molar-refractivity contribution >= 4 is 11.6 Å². The maximum atomic E-state index is 5.61. The van der Waals surface area contributed by atoms with Crippen molar-refractivity contribution in [3.05, 3.63) is 36.7 Å². The molecule has 0 atom stereocenters. The van der Waals surface area contributed by atoms with E-state index in [1.165, 1.54) is 0 Å². The lowest BCUT2D eigenvalue weighted by molar-refractivity contribution is 0.916. The molecule has 0 aliphatic heterocycles. The number of hydrogen-bond donors (Lipinski definition) is 0. The van der Waals surface area contributed by atoms with Crippen LogP contribution < -0.4 is 0 Å². The van der Waals surface area contributed by atoms with Gasteiger partial charge in [0.1, 0.15) is 6.33 Å². The Balaban J connectivity index is 2.33. The third-order valence-corrected chi connectivity index (χ3v) is 1.89. The Morgan fingerprint density at radius 3 is 2.62 bits per heavy atom. The van der Waals surface area contributed by atoms with Crippen molar-refractivity contribution in [2.75, 3.05) is 0 Å². The van der Waals surface area contributed by atoms with E-state index in [0.717, 1.165) is 5.56 Å². The second-order valence-electron chi connectivity index (χ2n) is 2.49. The van der Waals surface area contributed by atoms with Gasteiger partial charge in [0.25, 0.3) is 0 Å². The van der Waals surface area contributed by atoms with Gasteiger partial charge in [0, 0.05) is 30.4 Å². The predicted molar refractivity (Wildman–Crippen MR) is 48.7 cm³/mol. The van der Waals surface area contributed by atoms with Crippen molar-refractivity contribution in [1.29, 1.82) is 0 Å². The molecule has 4 nitrogen and oxygen atoms in total. The highest BCUT2D eigenvalue weighted by Gasteiger charge is 1.97. The minimum Gasteiger partial charge on any atom is -0.274 e. The van der Waals surface area contributed by atoms with Crippen molar-refractivity contribution in [3.8, 4) is 5.95 Å². The first-order valence-electron chi connectivity index (χ1n) is 3.75. The van der Waals surface area contributed by atoms with E-state index in [1.54, 1.807) is 35.7 Å². The summed E-state index contributed by atoms with van der Waals surface area (Å²) in [6.45, 7) is 0. The van der Waals surface area contributed by atoms with E-state index in [0.29, 0.717) is 11.8 Å². The maximum absolute atomic E-state index is 5.61.